The first-order chi connectivity index (χ1) is 21.3. The van der Waals surface area contributed by atoms with Gasteiger partial charge in [0.2, 0.25) is 5.91 Å². The van der Waals surface area contributed by atoms with E-state index in [1.54, 1.807) is 19.2 Å². The van der Waals surface area contributed by atoms with Crippen molar-refractivity contribution in [2.24, 2.45) is 17.8 Å². The summed E-state index contributed by atoms with van der Waals surface area (Å²) in [7, 11) is 0. The summed E-state index contributed by atoms with van der Waals surface area (Å²) in [5.41, 5.74) is 11.6. The van der Waals surface area contributed by atoms with Crippen molar-refractivity contribution < 1.29 is 14.3 Å². The fourth-order valence-electron chi connectivity index (χ4n) is 6.01. The Labute approximate surface area is 255 Å². The van der Waals surface area contributed by atoms with Gasteiger partial charge in [0, 0.05) is 17.7 Å². The zero-order chi connectivity index (χ0) is 30.8. The second-order valence-electron chi connectivity index (χ2n) is 11.2. The number of nitrogens with one attached hydrogen (secondary N) is 1. The SMILES string of the molecule is CCOC(=O)C(C)C1CCC(C(=O)Nc2ccc(-n3c(-c4cccnc4N)nc4ccc(-c5ccccc5)nc43)c(C)n2)C1. The van der Waals surface area contributed by atoms with Gasteiger partial charge in [0.05, 0.1) is 35.2 Å². The van der Waals surface area contributed by atoms with Crippen molar-refractivity contribution >= 4 is 34.7 Å². The smallest absolute Gasteiger partial charge is 0.308 e. The van der Waals surface area contributed by atoms with Gasteiger partial charge in [0.25, 0.3) is 0 Å². The lowest BCUT2D eigenvalue weighted by molar-refractivity contribution is -0.149. The Bertz CT molecular complexity index is 1840. The number of imidazole rings is 1. The molecule has 0 radical (unpaired) electrons. The van der Waals surface area contributed by atoms with E-state index in [1.807, 2.05) is 79.1 Å². The van der Waals surface area contributed by atoms with Crippen LogP contribution in [0, 0.1) is 24.7 Å². The van der Waals surface area contributed by atoms with E-state index in [0.717, 1.165) is 29.8 Å². The number of carbonyl (C=O) groups excluding carboxylic acids is 2. The summed E-state index contributed by atoms with van der Waals surface area (Å²) >= 11 is 0. The van der Waals surface area contributed by atoms with Crippen LogP contribution in [0.3, 0.4) is 0 Å². The topological polar surface area (TPSA) is 138 Å². The molecular formula is C34H35N7O3. The molecule has 3 atom stereocenters. The molecule has 1 amide bonds. The van der Waals surface area contributed by atoms with Crippen molar-refractivity contribution in [3.05, 3.63) is 78.6 Å². The molecule has 1 saturated carbocycles. The third kappa shape index (κ3) is 5.62. The quantitative estimate of drug-likeness (QED) is 0.211. The molecule has 1 aromatic carbocycles. The summed E-state index contributed by atoms with van der Waals surface area (Å²) in [6.45, 7) is 5.94. The molecule has 224 valence electrons. The number of aryl methyl sites for hydroxylation is 1. The summed E-state index contributed by atoms with van der Waals surface area (Å²) in [5.74, 6) is 0.844. The number of aromatic nitrogens is 5. The molecule has 10 heteroatoms. The Balaban J connectivity index is 1.32. The number of rotatable bonds is 8. The molecule has 3 unspecified atom stereocenters. The van der Waals surface area contributed by atoms with E-state index in [9.17, 15) is 9.59 Å². The largest absolute Gasteiger partial charge is 0.466 e. The van der Waals surface area contributed by atoms with Crippen LogP contribution < -0.4 is 11.1 Å². The van der Waals surface area contributed by atoms with E-state index in [4.69, 9.17) is 25.4 Å². The van der Waals surface area contributed by atoms with E-state index in [2.05, 4.69) is 10.3 Å². The molecule has 0 aliphatic heterocycles. The highest BCUT2D eigenvalue weighted by Crippen LogP contribution is 2.37. The molecule has 10 nitrogen and oxygen atoms in total. The molecule has 3 N–H and O–H groups in total. The summed E-state index contributed by atoms with van der Waals surface area (Å²) in [6, 6.07) is 21.3. The van der Waals surface area contributed by atoms with Gasteiger partial charge < -0.3 is 15.8 Å². The third-order valence-electron chi connectivity index (χ3n) is 8.41. The maximum Gasteiger partial charge on any atom is 0.308 e. The average molecular weight is 590 g/mol. The van der Waals surface area contributed by atoms with Crippen molar-refractivity contribution in [1.29, 1.82) is 0 Å². The molecule has 0 spiro atoms. The van der Waals surface area contributed by atoms with Crippen molar-refractivity contribution in [3.8, 4) is 28.3 Å². The summed E-state index contributed by atoms with van der Waals surface area (Å²) in [5, 5.41) is 3.00. The number of pyridine rings is 3. The minimum absolute atomic E-state index is 0.0886. The number of amides is 1. The van der Waals surface area contributed by atoms with Crippen LogP contribution in [0.15, 0.2) is 72.9 Å². The van der Waals surface area contributed by atoms with Crippen molar-refractivity contribution in [1.82, 2.24) is 24.5 Å². The fraction of sp³-hybridized carbons (Fsp3) is 0.294. The minimum atomic E-state index is -0.225. The lowest BCUT2D eigenvalue weighted by Gasteiger charge is -2.18. The molecule has 6 rings (SSSR count). The van der Waals surface area contributed by atoms with E-state index in [-0.39, 0.29) is 29.6 Å². The number of nitrogens with two attached hydrogens (primary N) is 1. The summed E-state index contributed by atoms with van der Waals surface area (Å²) in [4.78, 5) is 44.4. The zero-order valence-corrected chi connectivity index (χ0v) is 25.0. The highest BCUT2D eigenvalue weighted by molar-refractivity contribution is 5.92. The van der Waals surface area contributed by atoms with Crippen molar-refractivity contribution in [2.45, 2.75) is 40.0 Å². The number of esters is 1. The second-order valence-corrected chi connectivity index (χ2v) is 11.2. The van der Waals surface area contributed by atoms with Gasteiger partial charge in [-0.15, -0.1) is 0 Å². The maximum atomic E-state index is 13.2. The van der Waals surface area contributed by atoms with Crippen LogP contribution >= 0.6 is 0 Å². The van der Waals surface area contributed by atoms with Gasteiger partial charge in [-0.1, -0.05) is 37.3 Å². The predicted octanol–water partition coefficient (Wildman–Crippen LogP) is 5.99. The van der Waals surface area contributed by atoms with Crippen molar-refractivity contribution in [2.75, 3.05) is 17.7 Å². The molecule has 5 aromatic rings. The van der Waals surface area contributed by atoms with E-state index < -0.39 is 0 Å². The van der Waals surface area contributed by atoms with Crippen LogP contribution in [0.5, 0.6) is 0 Å². The van der Waals surface area contributed by atoms with Gasteiger partial charge in [-0.25, -0.2) is 19.9 Å². The Kier molecular flexibility index (Phi) is 8.06. The number of benzene rings is 1. The first kappa shape index (κ1) is 29.0. The van der Waals surface area contributed by atoms with Gasteiger partial charge >= 0.3 is 5.97 Å². The highest BCUT2D eigenvalue weighted by Gasteiger charge is 2.36. The van der Waals surface area contributed by atoms with Gasteiger partial charge in [-0.2, -0.15) is 0 Å². The predicted molar refractivity (Wildman–Crippen MR) is 170 cm³/mol. The maximum absolute atomic E-state index is 13.2. The van der Waals surface area contributed by atoms with E-state index in [1.165, 1.54) is 0 Å². The van der Waals surface area contributed by atoms with Crippen LogP contribution in [-0.4, -0.2) is 43.0 Å². The molecule has 0 bridgehead atoms. The first-order valence-electron chi connectivity index (χ1n) is 14.9. The first-order valence-corrected chi connectivity index (χ1v) is 14.9. The van der Waals surface area contributed by atoms with Crippen LogP contribution in [-0.2, 0) is 14.3 Å². The average Bonchev–Trinajstić information content (AvgIpc) is 3.67. The number of carbonyl (C=O) groups is 2. The van der Waals surface area contributed by atoms with Crippen LogP contribution in [0.4, 0.5) is 11.6 Å². The van der Waals surface area contributed by atoms with Crippen LogP contribution in [0.2, 0.25) is 0 Å². The summed E-state index contributed by atoms with van der Waals surface area (Å²) < 4.78 is 7.14. The Morgan fingerprint density at radius 1 is 1.02 bits per heavy atom. The van der Waals surface area contributed by atoms with Gasteiger partial charge in [-0.3, -0.25) is 14.2 Å². The fourth-order valence-corrected chi connectivity index (χ4v) is 6.01. The minimum Gasteiger partial charge on any atom is -0.466 e. The third-order valence-corrected chi connectivity index (χ3v) is 8.41. The molecule has 44 heavy (non-hydrogen) atoms. The van der Waals surface area contributed by atoms with Gasteiger partial charge in [-0.05, 0) is 75.4 Å². The number of fused-ring (bicyclic) bond motifs is 1. The number of hydrogen-bond acceptors (Lipinski definition) is 8. The monoisotopic (exact) mass is 589 g/mol. The van der Waals surface area contributed by atoms with Crippen molar-refractivity contribution in [3.63, 3.8) is 0 Å². The Morgan fingerprint density at radius 3 is 2.59 bits per heavy atom. The molecule has 1 fully saturated rings. The standard InChI is InChI=1S/C34H35N7O3/c1-4-44-34(43)20(2)23-12-13-24(19-23)33(42)40-29-17-16-28(21(3)37-29)41-31(25-11-8-18-36-30(25)35)39-27-15-14-26(38-32(27)41)22-9-6-5-7-10-22/h5-11,14-18,20,23-24H,4,12-13,19H2,1-3H3,(H2,35,36)(H,37,40,42). The lowest BCUT2D eigenvalue weighted by atomic mass is 9.91. The Hall–Kier alpha value is -5.12. The number of nitrogen functional groups attached to an aromatic ring is 1. The normalized spacial score (nSPS) is 17.0. The second kappa shape index (κ2) is 12.2. The van der Waals surface area contributed by atoms with E-state index in [0.29, 0.717) is 52.9 Å². The highest BCUT2D eigenvalue weighted by atomic mass is 16.5. The van der Waals surface area contributed by atoms with E-state index >= 15 is 0 Å². The van der Waals surface area contributed by atoms with Crippen LogP contribution in [0.1, 0.15) is 38.8 Å². The lowest BCUT2D eigenvalue weighted by Crippen LogP contribution is -2.24. The Morgan fingerprint density at radius 2 is 1.84 bits per heavy atom. The molecular weight excluding hydrogens is 554 g/mol. The number of nitrogens with zero attached hydrogens (tertiary/aromatic N) is 5. The molecule has 4 heterocycles. The molecule has 0 saturated heterocycles. The van der Waals surface area contributed by atoms with Gasteiger partial charge in [0.15, 0.2) is 11.5 Å². The van der Waals surface area contributed by atoms with Crippen LogP contribution in [0.25, 0.3) is 39.5 Å². The number of hydrogen-bond donors (Lipinski definition) is 2. The number of anilines is 2. The molecule has 1 aliphatic carbocycles. The number of ether oxygens (including phenoxy) is 1. The summed E-state index contributed by atoms with van der Waals surface area (Å²) in [6.07, 6.45) is 3.83. The molecule has 4 aromatic heterocycles. The molecule has 1 aliphatic rings. The zero-order valence-electron chi connectivity index (χ0n) is 25.0. The van der Waals surface area contributed by atoms with Gasteiger partial charge in [0.1, 0.15) is 17.2 Å².